The molecule has 1 unspecified atom stereocenters. The summed E-state index contributed by atoms with van der Waals surface area (Å²) in [4.78, 5) is 4.64. The lowest BCUT2D eigenvalue weighted by atomic mass is 10.0. The van der Waals surface area contributed by atoms with Gasteiger partial charge < -0.3 is 4.43 Å². The Labute approximate surface area is 162 Å². The van der Waals surface area contributed by atoms with Crippen molar-refractivity contribution in [2.75, 3.05) is 0 Å². The molecule has 0 radical (unpaired) electrons. The zero-order valence-electron chi connectivity index (χ0n) is 16.3. The Morgan fingerprint density at radius 1 is 1.08 bits per heavy atom. The first kappa shape index (κ1) is 19.3. The molecule has 0 saturated carbocycles. The first-order valence-corrected chi connectivity index (χ1v) is 13.1. The molecule has 0 aliphatic carbocycles. The number of thiophene rings is 1. The van der Waals surface area contributed by atoms with Gasteiger partial charge in [-0.05, 0) is 66.0 Å². The fraction of sp³-hybridized carbons (Fsp3) is 0.409. The minimum atomic E-state index is -1.55. The van der Waals surface area contributed by atoms with Gasteiger partial charge in [-0.15, -0.1) is 11.3 Å². The lowest BCUT2D eigenvalue weighted by Crippen LogP contribution is -2.39. The predicted molar refractivity (Wildman–Crippen MR) is 117 cm³/mol. The van der Waals surface area contributed by atoms with Crippen molar-refractivity contribution in [3.8, 4) is 11.3 Å². The predicted octanol–water partition coefficient (Wildman–Crippen LogP) is 6.92. The zero-order valence-corrected chi connectivity index (χ0v) is 18.1. The molecule has 0 aliphatic heterocycles. The number of hydrogen-bond donors (Lipinski definition) is 0. The molecule has 4 heteroatoms. The lowest BCUT2D eigenvalue weighted by Gasteiger charge is -2.31. The van der Waals surface area contributed by atoms with Gasteiger partial charge in [0, 0.05) is 22.6 Å². The normalized spacial score (nSPS) is 13.2. The summed E-state index contributed by atoms with van der Waals surface area (Å²) in [5.74, 6) is 0. The van der Waals surface area contributed by atoms with Crippen LogP contribution in [0.5, 0.6) is 0 Å². The first-order valence-electron chi connectivity index (χ1n) is 9.70. The second-order valence-electron chi connectivity index (χ2n) is 7.07. The quantitative estimate of drug-likeness (QED) is 0.394. The van der Waals surface area contributed by atoms with Crippen LogP contribution in [0, 0.1) is 0 Å². The number of nitrogens with zero attached hydrogens (tertiary/aromatic N) is 1. The third-order valence-electron chi connectivity index (χ3n) is 5.49. The Kier molecular flexibility index (Phi) is 6.27. The van der Waals surface area contributed by atoms with E-state index in [1.165, 1.54) is 39.3 Å². The number of pyridine rings is 1. The van der Waals surface area contributed by atoms with Crippen LogP contribution < -0.4 is 0 Å². The van der Waals surface area contributed by atoms with Crippen LogP contribution in [0.2, 0.25) is 18.1 Å². The smallest absolute Gasteiger partial charge is 0.192 e. The second kappa shape index (κ2) is 8.46. The van der Waals surface area contributed by atoms with Crippen LogP contribution in [0.3, 0.4) is 0 Å². The molecule has 0 N–H and O–H groups in total. The maximum atomic E-state index is 6.61. The van der Waals surface area contributed by atoms with E-state index < -0.39 is 8.32 Å². The minimum Gasteiger partial charge on any atom is -0.414 e. The third kappa shape index (κ3) is 4.08. The number of fused-ring (bicyclic) bond motifs is 1. The standard InChI is InChI=1S/C22H29NOSSi/c1-5-26(6-2,7-3)24-17(4)15-18-11-13-23-21(16-18)20-10-8-9-19-12-14-25-22(19)20/h8-14,16-17H,5-7,15H2,1-4H3. The molecule has 26 heavy (non-hydrogen) atoms. The topological polar surface area (TPSA) is 22.1 Å². The number of aromatic nitrogens is 1. The van der Waals surface area contributed by atoms with E-state index in [2.05, 4.69) is 74.5 Å². The number of hydrogen-bond acceptors (Lipinski definition) is 3. The van der Waals surface area contributed by atoms with Gasteiger partial charge in [0.25, 0.3) is 0 Å². The molecule has 0 fully saturated rings. The molecule has 0 aliphatic rings. The number of benzene rings is 1. The molecular formula is C22H29NOSSi. The highest BCUT2D eigenvalue weighted by atomic mass is 32.1. The van der Waals surface area contributed by atoms with Gasteiger partial charge in [0.05, 0.1) is 5.69 Å². The Balaban J connectivity index is 1.81. The molecule has 0 bridgehead atoms. The van der Waals surface area contributed by atoms with Gasteiger partial charge in [-0.3, -0.25) is 4.98 Å². The van der Waals surface area contributed by atoms with Crippen LogP contribution in [0.15, 0.2) is 48.0 Å². The summed E-state index contributed by atoms with van der Waals surface area (Å²) in [6.45, 7) is 9.09. The van der Waals surface area contributed by atoms with Crippen molar-refractivity contribution in [2.45, 2.75) is 58.4 Å². The van der Waals surface area contributed by atoms with E-state index in [1.807, 2.05) is 6.20 Å². The van der Waals surface area contributed by atoms with Gasteiger partial charge in [-0.25, -0.2) is 0 Å². The summed E-state index contributed by atoms with van der Waals surface area (Å²) in [6.07, 6.45) is 3.15. The van der Waals surface area contributed by atoms with E-state index >= 15 is 0 Å². The highest BCUT2D eigenvalue weighted by Crippen LogP contribution is 2.32. The maximum Gasteiger partial charge on any atom is 0.192 e. The summed E-state index contributed by atoms with van der Waals surface area (Å²) in [5.41, 5.74) is 3.60. The van der Waals surface area contributed by atoms with Crippen LogP contribution in [0.4, 0.5) is 0 Å². The van der Waals surface area contributed by atoms with Gasteiger partial charge in [-0.1, -0.05) is 39.0 Å². The van der Waals surface area contributed by atoms with E-state index in [0.29, 0.717) is 0 Å². The van der Waals surface area contributed by atoms with E-state index in [1.54, 1.807) is 11.3 Å². The van der Waals surface area contributed by atoms with Crippen molar-refractivity contribution in [1.82, 2.24) is 4.98 Å². The summed E-state index contributed by atoms with van der Waals surface area (Å²) < 4.78 is 7.93. The van der Waals surface area contributed by atoms with Crippen LogP contribution in [0.25, 0.3) is 21.3 Å². The Hall–Kier alpha value is -1.49. The molecule has 2 nitrogen and oxygen atoms in total. The van der Waals surface area contributed by atoms with Crippen molar-refractivity contribution in [3.05, 3.63) is 53.5 Å². The molecule has 0 amide bonds. The summed E-state index contributed by atoms with van der Waals surface area (Å²) in [6, 6.07) is 16.6. The van der Waals surface area contributed by atoms with E-state index in [0.717, 1.165) is 12.1 Å². The van der Waals surface area contributed by atoms with Crippen LogP contribution in [-0.2, 0) is 10.8 Å². The molecule has 2 heterocycles. The van der Waals surface area contributed by atoms with Crippen LogP contribution in [-0.4, -0.2) is 19.4 Å². The van der Waals surface area contributed by atoms with Crippen LogP contribution in [0.1, 0.15) is 33.3 Å². The summed E-state index contributed by atoms with van der Waals surface area (Å²) in [7, 11) is -1.55. The van der Waals surface area contributed by atoms with Gasteiger partial charge in [0.1, 0.15) is 0 Å². The fourth-order valence-electron chi connectivity index (χ4n) is 3.74. The molecule has 0 spiro atoms. The van der Waals surface area contributed by atoms with Crippen molar-refractivity contribution in [2.24, 2.45) is 0 Å². The van der Waals surface area contributed by atoms with Gasteiger partial charge in [-0.2, -0.15) is 0 Å². The molecule has 3 rings (SSSR count). The molecule has 0 saturated heterocycles. The summed E-state index contributed by atoms with van der Waals surface area (Å²) in [5, 5.41) is 3.44. The molecule has 138 valence electrons. The van der Waals surface area contributed by atoms with E-state index in [4.69, 9.17) is 4.43 Å². The third-order valence-corrected chi connectivity index (χ3v) is 11.2. The van der Waals surface area contributed by atoms with E-state index in [9.17, 15) is 0 Å². The first-order chi connectivity index (χ1) is 12.6. The van der Waals surface area contributed by atoms with Gasteiger partial charge >= 0.3 is 0 Å². The average Bonchev–Trinajstić information content (AvgIpc) is 3.15. The Morgan fingerprint density at radius 2 is 1.85 bits per heavy atom. The second-order valence-corrected chi connectivity index (χ2v) is 12.7. The zero-order chi connectivity index (χ0) is 18.6. The number of rotatable bonds is 8. The average molecular weight is 384 g/mol. The van der Waals surface area contributed by atoms with E-state index in [-0.39, 0.29) is 6.10 Å². The SMILES string of the molecule is CC[Si](CC)(CC)OC(C)Cc1ccnc(-c2cccc3ccsc23)c1. The maximum absolute atomic E-state index is 6.61. The van der Waals surface area contributed by atoms with Crippen molar-refractivity contribution in [3.63, 3.8) is 0 Å². The molecule has 2 aromatic heterocycles. The van der Waals surface area contributed by atoms with Crippen LogP contribution >= 0.6 is 11.3 Å². The lowest BCUT2D eigenvalue weighted by molar-refractivity contribution is 0.206. The fourth-order valence-corrected chi connectivity index (χ4v) is 7.60. The molecule has 1 atom stereocenters. The Bertz CT molecular complexity index is 848. The van der Waals surface area contributed by atoms with Crippen molar-refractivity contribution >= 4 is 29.7 Å². The largest absolute Gasteiger partial charge is 0.414 e. The van der Waals surface area contributed by atoms with Crippen molar-refractivity contribution < 1.29 is 4.43 Å². The Morgan fingerprint density at radius 3 is 2.58 bits per heavy atom. The van der Waals surface area contributed by atoms with Gasteiger partial charge in [0.15, 0.2) is 8.32 Å². The van der Waals surface area contributed by atoms with Crippen molar-refractivity contribution in [1.29, 1.82) is 0 Å². The monoisotopic (exact) mass is 383 g/mol. The van der Waals surface area contributed by atoms with Gasteiger partial charge in [0.2, 0.25) is 0 Å². The molecule has 3 aromatic rings. The molecular weight excluding hydrogens is 354 g/mol. The highest BCUT2D eigenvalue weighted by molar-refractivity contribution is 7.17. The summed E-state index contributed by atoms with van der Waals surface area (Å²) >= 11 is 1.79. The molecule has 1 aromatic carbocycles. The highest BCUT2D eigenvalue weighted by Gasteiger charge is 2.30. The minimum absolute atomic E-state index is 0.259.